The zero-order valence-electron chi connectivity index (χ0n) is 14.8. The molecule has 1 saturated heterocycles. The van der Waals surface area contributed by atoms with Gasteiger partial charge >= 0.3 is 6.03 Å². The fourth-order valence-corrected chi connectivity index (χ4v) is 2.48. The van der Waals surface area contributed by atoms with Crippen LogP contribution in [0.5, 0.6) is 11.5 Å². The van der Waals surface area contributed by atoms with Gasteiger partial charge in [-0.15, -0.1) is 0 Å². The quantitative estimate of drug-likeness (QED) is 0.245. The molecule has 0 spiro atoms. The molecule has 1 heterocycles. The van der Waals surface area contributed by atoms with Crippen LogP contribution in [-0.2, 0) is 4.74 Å². The number of benzene rings is 1. The lowest BCUT2D eigenvalue weighted by Crippen LogP contribution is -2.63. The van der Waals surface area contributed by atoms with E-state index in [1.165, 1.54) is 20.4 Å². The maximum atomic E-state index is 11.9. The maximum Gasteiger partial charge on any atom is 0.337 e. The summed E-state index contributed by atoms with van der Waals surface area (Å²) in [6.07, 6.45) is -5.77. The third kappa shape index (κ3) is 5.05. The summed E-state index contributed by atoms with van der Waals surface area (Å²) >= 11 is 0. The minimum Gasteiger partial charge on any atom is -0.493 e. The zero-order chi connectivity index (χ0) is 20.0. The number of rotatable bonds is 6. The Morgan fingerprint density at radius 1 is 1.19 bits per heavy atom. The highest BCUT2D eigenvalue weighted by Crippen LogP contribution is 2.26. The molecule has 0 aliphatic carbocycles. The number of ether oxygens (including phenoxy) is 3. The van der Waals surface area contributed by atoms with E-state index in [2.05, 4.69) is 15.8 Å². The van der Waals surface area contributed by atoms with Crippen molar-refractivity contribution in [3.63, 3.8) is 0 Å². The van der Waals surface area contributed by atoms with Crippen LogP contribution >= 0.6 is 0 Å². The molecule has 0 bridgehead atoms. The lowest BCUT2D eigenvalue weighted by atomic mass is 9.98. The van der Waals surface area contributed by atoms with E-state index in [1.54, 1.807) is 18.2 Å². The van der Waals surface area contributed by atoms with Crippen molar-refractivity contribution in [2.75, 3.05) is 20.8 Å². The summed E-state index contributed by atoms with van der Waals surface area (Å²) in [4.78, 5) is 11.9. The van der Waals surface area contributed by atoms with Crippen LogP contribution in [0.25, 0.3) is 0 Å². The summed E-state index contributed by atoms with van der Waals surface area (Å²) in [7, 11) is 3.00. The van der Waals surface area contributed by atoms with Gasteiger partial charge in [-0.3, -0.25) is 0 Å². The molecule has 6 N–H and O–H groups in total. The SMILES string of the molecule is COc1ccc(C=NNC(=O)NC2OC(CO)C(O)C(O)C2O)cc1OC. The van der Waals surface area contributed by atoms with Crippen LogP contribution < -0.4 is 20.2 Å². The first-order valence-electron chi connectivity index (χ1n) is 8.03. The van der Waals surface area contributed by atoms with Crippen LogP contribution in [0, 0.1) is 0 Å². The summed E-state index contributed by atoms with van der Waals surface area (Å²) in [6, 6.07) is 4.20. The lowest BCUT2D eigenvalue weighted by Gasteiger charge is -2.39. The molecular weight excluding hydrogens is 362 g/mol. The molecule has 2 rings (SSSR count). The second kappa shape index (κ2) is 9.48. The number of aliphatic hydroxyl groups excluding tert-OH is 4. The molecule has 150 valence electrons. The minimum absolute atomic E-state index is 0.493. The number of hydrogen-bond donors (Lipinski definition) is 6. The molecule has 27 heavy (non-hydrogen) atoms. The second-order valence-corrected chi connectivity index (χ2v) is 5.71. The number of nitrogens with zero attached hydrogens (tertiary/aromatic N) is 1. The molecule has 1 aliphatic heterocycles. The van der Waals surface area contributed by atoms with Gasteiger partial charge < -0.3 is 40.0 Å². The van der Waals surface area contributed by atoms with Crippen molar-refractivity contribution in [2.45, 2.75) is 30.6 Å². The van der Waals surface area contributed by atoms with Crippen molar-refractivity contribution >= 4 is 12.2 Å². The second-order valence-electron chi connectivity index (χ2n) is 5.71. The molecule has 0 saturated carbocycles. The smallest absolute Gasteiger partial charge is 0.337 e. The largest absolute Gasteiger partial charge is 0.493 e. The van der Waals surface area contributed by atoms with Gasteiger partial charge in [0.05, 0.1) is 27.0 Å². The molecular formula is C16H23N3O8. The van der Waals surface area contributed by atoms with Gasteiger partial charge in [-0.05, 0) is 23.8 Å². The molecule has 2 amide bonds. The van der Waals surface area contributed by atoms with Crippen molar-refractivity contribution in [1.82, 2.24) is 10.7 Å². The highest BCUT2D eigenvalue weighted by atomic mass is 16.6. The number of amides is 2. The number of carbonyl (C=O) groups is 1. The number of hydrogen-bond acceptors (Lipinski definition) is 9. The van der Waals surface area contributed by atoms with E-state index in [0.29, 0.717) is 17.1 Å². The highest BCUT2D eigenvalue weighted by molar-refractivity contribution is 5.82. The van der Waals surface area contributed by atoms with Gasteiger partial charge in [0, 0.05) is 0 Å². The summed E-state index contributed by atoms with van der Waals surface area (Å²) in [5.41, 5.74) is 2.80. The van der Waals surface area contributed by atoms with E-state index in [9.17, 15) is 20.1 Å². The summed E-state index contributed by atoms with van der Waals surface area (Å²) in [6.45, 7) is -0.595. The van der Waals surface area contributed by atoms with Crippen molar-refractivity contribution < 1.29 is 39.4 Å². The summed E-state index contributed by atoms with van der Waals surface area (Å²) in [5, 5.41) is 44.4. The Hall–Kier alpha value is -2.44. The minimum atomic E-state index is -1.59. The van der Waals surface area contributed by atoms with Gasteiger partial charge in [-0.2, -0.15) is 5.10 Å². The topological polar surface area (TPSA) is 162 Å². The van der Waals surface area contributed by atoms with E-state index in [-0.39, 0.29) is 0 Å². The molecule has 0 radical (unpaired) electrons. The molecule has 5 unspecified atom stereocenters. The van der Waals surface area contributed by atoms with Crippen LogP contribution in [0.2, 0.25) is 0 Å². The van der Waals surface area contributed by atoms with Crippen LogP contribution in [0.1, 0.15) is 5.56 Å². The monoisotopic (exact) mass is 385 g/mol. The zero-order valence-corrected chi connectivity index (χ0v) is 14.8. The Morgan fingerprint density at radius 3 is 2.52 bits per heavy atom. The average Bonchev–Trinajstić information content (AvgIpc) is 2.68. The lowest BCUT2D eigenvalue weighted by molar-refractivity contribution is -0.233. The van der Waals surface area contributed by atoms with Gasteiger partial charge in [-0.1, -0.05) is 0 Å². The average molecular weight is 385 g/mol. The number of urea groups is 1. The predicted molar refractivity (Wildman–Crippen MR) is 92.6 cm³/mol. The molecule has 11 nitrogen and oxygen atoms in total. The van der Waals surface area contributed by atoms with Crippen molar-refractivity contribution in [2.24, 2.45) is 5.10 Å². The predicted octanol–water partition coefficient (Wildman–Crippen LogP) is -1.86. The Labute approximate surface area is 155 Å². The third-order valence-corrected chi connectivity index (χ3v) is 3.95. The molecule has 11 heteroatoms. The number of methoxy groups -OCH3 is 2. The molecule has 1 aromatic carbocycles. The first-order chi connectivity index (χ1) is 12.9. The van der Waals surface area contributed by atoms with Gasteiger partial charge in [0.1, 0.15) is 24.4 Å². The Kier molecular flexibility index (Phi) is 7.33. The Bertz CT molecular complexity index is 669. The normalized spacial score (nSPS) is 28.0. The van der Waals surface area contributed by atoms with E-state index >= 15 is 0 Å². The van der Waals surface area contributed by atoms with Crippen molar-refractivity contribution in [1.29, 1.82) is 0 Å². The first-order valence-corrected chi connectivity index (χ1v) is 8.03. The number of carbonyl (C=O) groups excluding carboxylic acids is 1. The third-order valence-electron chi connectivity index (χ3n) is 3.95. The number of hydrazone groups is 1. The van der Waals surface area contributed by atoms with E-state index in [4.69, 9.17) is 19.3 Å². The van der Waals surface area contributed by atoms with E-state index in [0.717, 1.165) is 0 Å². The molecule has 0 aromatic heterocycles. The summed E-state index contributed by atoms with van der Waals surface area (Å²) < 4.78 is 15.4. The maximum absolute atomic E-state index is 11.9. The van der Waals surface area contributed by atoms with Gasteiger partial charge in [0.25, 0.3) is 0 Å². The highest BCUT2D eigenvalue weighted by Gasteiger charge is 2.43. The molecule has 5 atom stereocenters. The van der Waals surface area contributed by atoms with E-state index in [1.807, 2.05) is 0 Å². The van der Waals surface area contributed by atoms with E-state index < -0.39 is 43.3 Å². The van der Waals surface area contributed by atoms with Crippen LogP contribution in [0.15, 0.2) is 23.3 Å². The van der Waals surface area contributed by atoms with Crippen LogP contribution in [0.3, 0.4) is 0 Å². The fourth-order valence-electron chi connectivity index (χ4n) is 2.48. The van der Waals surface area contributed by atoms with Crippen LogP contribution in [-0.4, -0.2) is 84.1 Å². The number of aliphatic hydroxyl groups is 4. The fraction of sp³-hybridized carbons (Fsp3) is 0.500. The van der Waals surface area contributed by atoms with Gasteiger partial charge in [-0.25, -0.2) is 10.2 Å². The van der Waals surface area contributed by atoms with Crippen molar-refractivity contribution in [3.8, 4) is 11.5 Å². The summed E-state index contributed by atoms with van der Waals surface area (Å²) in [5.74, 6) is 1.04. The van der Waals surface area contributed by atoms with Crippen LogP contribution in [0.4, 0.5) is 4.79 Å². The molecule has 1 fully saturated rings. The van der Waals surface area contributed by atoms with Crippen molar-refractivity contribution in [3.05, 3.63) is 23.8 Å². The molecule has 1 aliphatic rings. The first kappa shape index (κ1) is 20.9. The molecule has 1 aromatic rings. The van der Waals surface area contributed by atoms with Gasteiger partial charge in [0.15, 0.2) is 17.7 Å². The van der Waals surface area contributed by atoms with Gasteiger partial charge in [0.2, 0.25) is 0 Å². The standard InChI is InChI=1S/C16H23N3O8/c1-25-9-4-3-8(5-10(9)26-2)6-17-19-16(24)18-15-14(23)13(22)12(21)11(7-20)27-15/h3-6,11-15,20-23H,7H2,1-2H3,(H2,18,19,24). The number of nitrogens with one attached hydrogen (secondary N) is 2. The Balaban J connectivity index is 1.93. The Morgan fingerprint density at radius 2 is 1.89 bits per heavy atom.